The lowest BCUT2D eigenvalue weighted by atomic mass is 9.98. The minimum Gasteiger partial charge on any atom is -0.460 e. The molecule has 1 fully saturated rings. The number of carbonyl (C=O) groups is 3. The van der Waals surface area contributed by atoms with Gasteiger partial charge < -0.3 is 10.1 Å². The molecule has 3 aromatic rings. The van der Waals surface area contributed by atoms with Crippen LogP contribution < -0.4 is 5.32 Å². The molecule has 15 heteroatoms. The Hall–Kier alpha value is -3.35. The molecule has 246 valence electrons. The molecule has 0 aromatic heterocycles. The van der Waals surface area contributed by atoms with E-state index in [2.05, 4.69) is 5.32 Å². The Morgan fingerprint density at radius 1 is 0.870 bits per heavy atom. The minimum absolute atomic E-state index is 0.0426. The number of hydrogen-bond donors (Lipinski definition) is 1. The van der Waals surface area contributed by atoms with E-state index >= 15 is 0 Å². The number of Topliss-reactive ketones (excluding diaryl/α,β-unsaturated/α-hetero) is 1. The number of anilines is 1. The molecular formula is C31H23Cl3F7NO4. The smallest absolute Gasteiger partial charge is 0.419 e. The largest absolute Gasteiger partial charge is 0.460 e. The number of carbonyl (C=O) groups excluding carboxylic acids is 3. The van der Waals surface area contributed by atoms with Crippen LogP contribution in [0.4, 0.5) is 36.4 Å². The summed E-state index contributed by atoms with van der Waals surface area (Å²) in [7, 11) is 0. The van der Waals surface area contributed by atoms with Crippen LogP contribution >= 0.6 is 34.8 Å². The van der Waals surface area contributed by atoms with E-state index in [-0.39, 0.29) is 21.8 Å². The van der Waals surface area contributed by atoms with Gasteiger partial charge in [-0.05, 0) is 68.3 Å². The zero-order valence-electron chi connectivity index (χ0n) is 24.0. The predicted octanol–water partition coefficient (Wildman–Crippen LogP) is 8.75. The quantitative estimate of drug-likeness (QED) is 0.0834. The summed E-state index contributed by atoms with van der Waals surface area (Å²) in [5.74, 6) is -11.8. The maximum absolute atomic E-state index is 14.7. The first-order valence-corrected chi connectivity index (χ1v) is 14.5. The Balaban J connectivity index is 1.54. The average Bonchev–Trinajstić information content (AvgIpc) is 3.51. The second-order valence-corrected chi connectivity index (χ2v) is 13.4. The van der Waals surface area contributed by atoms with Crippen molar-refractivity contribution in [1.29, 1.82) is 0 Å². The molecule has 46 heavy (non-hydrogen) atoms. The Kier molecular flexibility index (Phi) is 9.79. The van der Waals surface area contributed by atoms with Gasteiger partial charge in [0.2, 0.25) is 5.91 Å². The second kappa shape index (κ2) is 12.7. The first kappa shape index (κ1) is 35.5. The SMILES string of the molecule is CC(C)(C)OC(=O)Cc1cc(CC(=O)c2cc(NC(=O)[C@H]3[C@H](c4ccc(F)c(C(F)(F)F)c4)C3(Cl)Cl)ccc2Cl)c(F)c(F)c1F. The summed E-state index contributed by atoms with van der Waals surface area (Å²) in [5.41, 5.74) is -4.06. The Morgan fingerprint density at radius 3 is 2.07 bits per heavy atom. The zero-order chi connectivity index (χ0) is 34.5. The van der Waals surface area contributed by atoms with Crippen molar-refractivity contribution >= 4 is 58.1 Å². The molecule has 1 N–H and O–H groups in total. The summed E-state index contributed by atoms with van der Waals surface area (Å²) in [6.45, 7) is 4.67. The minimum atomic E-state index is -5.01. The van der Waals surface area contributed by atoms with Gasteiger partial charge in [-0.1, -0.05) is 17.7 Å². The van der Waals surface area contributed by atoms with Gasteiger partial charge >= 0.3 is 12.1 Å². The molecule has 4 rings (SSSR count). The number of hydrogen-bond acceptors (Lipinski definition) is 4. The lowest BCUT2D eigenvalue weighted by Gasteiger charge is -2.19. The summed E-state index contributed by atoms with van der Waals surface area (Å²) >= 11 is 18.6. The van der Waals surface area contributed by atoms with Crippen molar-refractivity contribution < 1.29 is 49.9 Å². The van der Waals surface area contributed by atoms with Crippen LogP contribution in [0.25, 0.3) is 0 Å². The van der Waals surface area contributed by atoms with Gasteiger partial charge in [0.1, 0.15) is 15.8 Å². The van der Waals surface area contributed by atoms with E-state index in [1.807, 2.05) is 0 Å². The molecule has 2 atom stereocenters. The third kappa shape index (κ3) is 7.61. The number of esters is 1. The van der Waals surface area contributed by atoms with E-state index in [9.17, 15) is 45.1 Å². The number of alkyl halides is 5. The van der Waals surface area contributed by atoms with Crippen LogP contribution in [0.15, 0.2) is 42.5 Å². The lowest BCUT2D eigenvalue weighted by Crippen LogP contribution is -2.25. The second-order valence-electron chi connectivity index (χ2n) is 11.6. The molecule has 0 spiro atoms. The van der Waals surface area contributed by atoms with Gasteiger partial charge in [0, 0.05) is 29.2 Å². The van der Waals surface area contributed by atoms with E-state index in [1.54, 1.807) is 20.8 Å². The van der Waals surface area contributed by atoms with E-state index < -0.39 is 98.4 Å². The van der Waals surface area contributed by atoms with Crippen molar-refractivity contribution in [2.45, 2.75) is 55.6 Å². The van der Waals surface area contributed by atoms with Gasteiger partial charge in [0.15, 0.2) is 23.2 Å². The van der Waals surface area contributed by atoms with Crippen LogP contribution in [0, 0.1) is 29.2 Å². The molecule has 0 bridgehead atoms. The summed E-state index contributed by atoms with van der Waals surface area (Å²) < 4.78 is 100. The summed E-state index contributed by atoms with van der Waals surface area (Å²) in [6.07, 6.45) is -6.59. The molecule has 1 saturated carbocycles. The molecule has 0 unspecified atom stereocenters. The molecule has 0 heterocycles. The van der Waals surface area contributed by atoms with Crippen LogP contribution in [0.2, 0.25) is 5.02 Å². The maximum atomic E-state index is 14.7. The molecule has 1 aliphatic rings. The van der Waals surface area contributed by atoms with Gasteiger partial charge in [0.25, 0.3) is 0 Å². The van der Waals surface area contributed by atoms with Gasteiger partial charge in [-0.25, -0.2) is 17.6 Å². The molecule has 1 amide bonds. The Bertz CT molecular complexity index is 1740. The van der Waals surface area contributed by atoms with Crippen LogP contribution in [0.5, 0.6) is 0 Å². The molecule has 3 aromatic carbocycles. The molecule has 1 aliphatic carbocycles. The predicted molar refractivity (Wildman–Crippen MR) is 156 cm³/mol. The fourth-order valence-corrected chi connectivity index (χ4v) is 5.88. The third-order valence-electron chi connectivity index (χ3n) is 6.93. The van der Waals surface area contributed by atoms with Gasteiger partial charge in [-0.2, -0.15) is 13.2 Å². The topological polar surface area (TPSA) is 72.5 Å². The number of halogens is 10. The molecule has 0 aliphatic heterocycles. The lowest BCUT2D eigenvalue weighted by molar-refractivity contribution is -0.154. The number of ketones is 1. The Labute approximate surface area is 273 Å². The van der Waals surface area contributed by atoms with Crippen molar-refractivity contribution in [3.8, 4) is 0 Å². The number of benzene rings is 3. The van der Waals surface area contributed by atoms with Crippen LogP contribution in [0.1, 0.15) is 59.3 Å². The highest BCUT2D eigenvalue weighted by Crippen LogP contribution is 2.65. The van der Waals surface area contributed by atoms with E-state index in [1.165, 1.54) is 12.1 Å². The van der Waals surface area contributed by atoms with E-state index in [4.69, 9.17) is 39.5 Å². The molecular weight excluding hydrogens is 690 g/mol. The summed E-state index contributed by atoms with van der Waals surface area (Å²) in [5, 5.41) is 2.28. The summed E-state index contributed by atoms with van der Waals surface area (Å²) in [6, 6.07) is 6.53. The Morgan fingerprint density at radius 2 is 1.48 bits per heavy atom. The number of amides is 1. The summed E-state index contributed by atoms with van der Waals surface area (Å²) in [4.78, 5) is 38.3. The normalized spacial score (nSPS) is 17.4. The van der Waals surface area contributed by atoms with Gasteiger partial charge in [0.05, 0.1) is 22.9 Å². The number of rotatable bonds is 8. The van der Waals surface area contributed by atoms with Crippen molar-refractivity contribution in [3.05, 3.63) is 98.6 Å². The number of nitrogens with one attached hydrogen (secondary N) is 1. The van der Waals surface area contributed by atoms with Crippen molar-refractivity contribution in [1.82, 2.24) is 0 Å². The molecule has 0 saturated heterocycles. The monoisotopic (exact) mass is 711 g/mol. The van der Waals surface area contributed by atoms with Gasteiger partial charge in [-0.15, -0.1) is 23.2 Å². The standard InChI is InChI=1S/C31H23Cl3F7NO4/c1-29(2,3)46-22(44)11-15-8-14(25(36)27(38)26(15)37)10-21(43)17-12-16(5-6-19(17)32)42-28(45)24-23(30(24,33)34)13-4-7-20(35)18(9-13)31(39,40)41/h4-9,12,23-24H,10-11H2,1-3H3,(H,42,45)/t23-,24+/m0/s1. The first-order valence-electron chi connectivity index (χ1n) is 13.4. The third-order valence-corrected chi connectivity index (χ3v) is 8.20. The van der Waals surface area contributed by atoms with Crippen LogP contribution in [-0.4, -0.2) is 27.6 Å². The molecule has 5 nitrogen and oxygen atoms in total. The highest BCUT2D eigenvalue weighted by molar-refractivity contribution is 6.53. The highest BCUT2D eigenvalue weighted by atomic mass is 35.5. The van der Waals surface area contributed by atoms with E-state index in [0.29, 0.717) is 12.1 Å². The maximum Gasteiger partial charge on any atom is 0.419 e. The van der Waals surface area contributed by atoms with Crippen LogP contribution in [-0.2, 0) is 33.3 Å². The zero-order valence-corrected chi connectivity index (χ0v) is 26.3. The average molecular weight is 713 g/mol. The van der Waals surface area contributed by atoms with Crippen molar-refractivity contribution in [3.63, 3.8) is 0 Å². The highest BCUT2D eigenvalue weighted by Gasteiger charge is 2.67. The number of ether oxygens (including phenoxy) is 1. The molecule has 0 radical (unpaired) electrons. The van der Waals surface area contributed by atoms with Crippen LogP contribution in [0.3, 0.4) is 0 Å². The van der Waals surface area contributed by atoms with Crippen molar-refractivity contribution in [2.75, 3.05) is 5.32 Å². The fourth-order valence-electron chi connectivity index (χ4n) is 4.83. The van der Waals surface area contributed by atoms with Gasteiger partial charge in [-0.3, -0.25) is 14.4 Å². The van der Waals surface area contributed by atoms with Crippen molar-refractivity contribution in [2.24, 2.45) is 5.92 Å². The fraction of sp³-hybridized carbons (Fsp3) is 0.323. The first-order chi connectivity index (χ1) is 21.1. The van der Waals surface area contributed by atoms with E-state index in [0.717, 1.165) is 18.2 Å².